The fraction of sp³-hybridized carbons (Fsp3) is 0.0833. The second-order valence-electron chi connectivity index (χ2n) is 3.63. The first kappa shape index (κ1) is 12.3. The van der Waals surface area contributed by atoms with Crippen LogP contribution in [-0.4, -0.2) is 9.91 Å². The molecule has 1 heterocycles. The highest BCUT2D eigenvalue weighted by atomic mass is 35.5. The fourth-order valence-corrected chi connectivity index (χ4v) is 1.67. The van der Waals surface area contributed by atoms with Crippen LogP contribution in [0.3, 0.4) is 0 Å². The third kappa shape index (κ3) is 2.95. The molecule has 0 saturated carbocycles. The van der Waals surface area contributed by atoms with Crippen LogP contribution in [0.2, 0.25) is 5.02 Å². The number of anilines is 1. The van der Waals surface area contributed by atoms with E-state index in [2.05, 4.69) is 10.3 Å². The molecule has 0 unspecified atom stereocenters. The number of nitrogens with zero attached hydrogens (tertiary/aromatic N) is 2. The Morgan fingerprint density at radius 3 is 2.89 bits per heavy atom. The van der Waals surface area contributed by atoms with Crippen molar-refractivity contribution in [3.05, 3.63) is 63.4 Å². The Morgan fingerprint density at radius 2 is 2.22 bits per heavy atom. The highest BCUT2D eigenvalue weighted by molar-refractivity contribution is 6.30. The average molecular weight is 264 g/mol. The smallest absolute Gasteiger partial charge is 0.293 e. The van der Waals surface area contributed by atoms with Gasteiger partial charge in [-0.15, -0.1) is 0 Å². The number of halogens is 1. The first-order chi connectivity index (χ1) is 8.66. The lowest BCUT2D eigenvalue weighted by Crippen LogP contribution is -2.02. The second-order valence-corrected chi connectivity index (χ2v) is 4.07. The van der Waals surface area contributed by atoms with E-state index in [4.69, 9.17) is 11.6 Å². The van der Waals surface area contributed by atoms with Crippen LogP contribution >= 0.6 is 11.6 Å². The molecular weight excluding hydrogens is 254 g/mol. The van der Waals surface area contributed by atoms with Crippen molar-refractivity contribution >= 4 is 23.0 Å². The SMILES string of the molecule is O=[N+]([O-])c1cc(Cl)ccc1NCc1cccnc1. The zero-order valence-corrected chi connectivity index (χ0v) is 10.1. The lowest BCUT2D eigenvalue weighted by atomic mass is 10.2. The average Bonchev–Trinajstić information content (AvgIpc) is 2.38. The van der Waals surface area contributed by atoms with E-state index in [-0.39, 0.29) is 5.69 Å². The molecule has 1 N–H and O–H groups in total. The molecule has 0 saturated heterocycles. The van der Waals surface area contributed by atoms with Gasteiger partial charge in [0.05, 0.1) is 4.92 Å². The Morgan fingerprint density at radius 1 is 1.39 bits per heavy atom. The number of nitro groups is 1. The molecule has 18 heavy (non-hydrogen) atoms. The molecule has 0 aliphatic carbocycles. The van der Waals surface area contributed by atoms with E-state index in [0.29, 0.717) is 17.3 Å². The van der Waals surface area contributed by atoms with Gasteiger partial charge in [-0.2, -0.15) is 0 Å². The predicted molar refractivity (Wildman–Crippen MR) is 69.7 cm³/mol. The van der Waals surface area contributed by atoms with Gasteiger partial charge in [0.25, 0.3) is 5.69 Å². The largest absolute Gasteiger partial charge is 0.375 e. The molecule has 1 aromatic carbocycles. The normalized spacial score (nSPS) is 10.1. The van der Waals surface area contributed by atoms with E-state index in [1.807, 2.05) is 12.1 Å². The topological polar surface area (TPSA) is 68.1 Å². The monoisotopic (exact) mass is 263 g/mol. The summed E-state index contributed by atoms with van der Waals surface area (Å²) in [5.41, 5.74) is 1.35. The zero-order valence-electron chi connectivity index (χ0n) is 9.34. The molecule has 0 aliphatic rings. The maximum Gasteiger partial charge on any atom is 0.293 e. The minimum atomic E-state index is -0.461. The lowest BCUT2D eigenvalue weighted by Gasteiger charge is -2.07. The maximum atomic E-state index is 10.9. The zero-order chi connectivity index (χ0) is 13.0. The second kappa shape index (κ2) is 5.46. The molecule has 2 aromatic rings. The summed E-state index contributed by atoms with van der Waals surface area (Å²) in [5.74, 6) is 0. The number of hydrogen-bond acceptors (Lipinski definition) is 4. The maximum absolute atomic E-state index is 10.9. The summed E-state index contributed by atoms with van der Waals surface area (Å²) >= 11 is 5.74. The van der Waals surface area contributed by atoms with Crippen LogP contribution in [0.1, 0.15) is 5.56 Å². The number of pyridine rings is 1. The van der Waals surface area contributed by atoms with Gasteiger partial charge >= 0.3 is 0 Å². The van der Waals surface area contributed by atoms with Gasteiger partial charge in [-0.3, -0.25) is 15.1 Å². The molecule has 0 radical (unpaired) electrons. The van der Waals surface area contributed by atoms with E-state index in [0.717, 1.165) is 5.56 Å². The van der Waals surface area contributed by atoms with Crippen LogP contribution in [0.4, 0.5) is 11.4 Å². The van der Waals surface area contributed by atoms with Crippen molar-refractivity contribution in [3.8, 4) is 0 Å². The van der Waals surface area contributed by atoms with E-state index >= 15 is 0 Å². The molecule has 0 atom stereocenters. The Hall–Kier alpha value is -2.14. The van der Waals surface area contributed by atoms with Crippen molar-refractivity contribution in [2.24, 2.45) is 0 Å². The number of aromatic nitrogens is 1. The van der Waals surface area contributed by atoms with Crippen molar-refractivity contribution in [2.75, 3.05) is 5.32 Å². The van der Waals surface area contributed by atoms with E-state index < -0.39 is 4.92 Å². The van der Waals surface area contributed by atoms with Gasteiger partial charge in [0, 0.05) is 30.0 Å². The molecule has 0 amide bonds. The van der Waals surface area contributed by atoms with Gasteiger partial charge in [-0.1, -0.05) is 17.7 Å². The third-order valence-corrected chi connectivity index (χ3v) is 2.60. The Kier molecular flexibility index (Phi) is 3.74. The summed E-state index contributed by atoms with van der Waals surface area (Å²) < 4.78 is 0. The Bertz CT molecular complexity index is 561. The van der Waals surface area contributed by atoms with Crippen LogP contribution in [-0.2, 0) is 6.54 Å². The van der Waals surface area contributed by atoms with E-state index in [1.54, 1.807) is 24.5 Å². The fourth-order valence-electron chi connectivity index (χ4n) is 1.51. The molecule has 0 bridgehead atoms. The Balaban J connectivity index is 2.17. The third-order valence-electron chi connectivity index (χ3n) is 2.36. The predicted octanol–water partition coefficient (Wildman–Crippen LogP) is 3.26. The minimum absolute atomic E-state index is 0.0357. The summed E-state index contributed by atoms with van der Waals surface area (Å²) in [5, 5.41) is 14.2. The molecule has 92 valence electrons. The lowest BCUT2D eigenvalue weighted by molar-refractivity contribution is -0.383. The van der Waals surface area contributed by atoms with Gasteiger partial charge in [0.2, 0.25) is 0 Å². The first-order valence-corrected chi connectivity index (χ1v) is 5.61. The highest BCUT2D eigenvalue weighted by Gasteiger charge is 2.13. The molecular formula is C12H10ClN3O2. The minimum Gasteiger partial charge on any atom is -0.375 e. The number of rotatable bonds is 4. The summed E-state index contributed by atoms with van der Waals surface area (Å²) in [4.78, 5) is 14.4. The van der Waals surface area contributed by atoms with Gasteiger partial charge in [-0.05, 0) is 23.8 Å². The summed E-state index contributed by atoms with van der Waals surface area (Å²) in [6.45, 7) is 0.469. The summed E-state index contributed by atoms with van der Waals surface area (Å²) in [6.07, 6.45) is 3.38. The molecule has 2 rings (SSSR count). The highest BCUT2D eigenvalue weighted by Crippen LogP contribution is 2.27. The summed E-state index contributed by atoms with van der Waals surface area (Å²) in [6, 6.07) is 8.24. The number of nitro benzene ring substituents is 1. The summed E-state index contributed by atoms with van der Waals surface area (Å²) in [7, 11) is 0. The van der Waals surface area contributed by atoms with Gasteiger partial charge in [-0.25, -0.2) is 0 Å². The van der Waals surface area contributed by atoms with Gasteiger partial charge in [0.1, 0.15) is 5.69 Å². The standard InChI is InChI=1S/C12H10ClN3O2/c13-10-3-4-11(12(6-10)16(17)18)15-8-9-2-1-5-14-7-9/h1-7,15H,8H2. The number of nitrogens with one attached hydrogen (secondary N) is 1. The van der Waals surface area contributed by atoms with Crippen LogP contribution in [0.25, 0.3) is 0 Å². The van der Waals surface area contributed by atoms with Crippen LogP contribution in [0, 0.1) is 10.1 Å². The van der Waals surface area contributed by atoms with Crippen LogP contribution in [0.5, 0.6) is 0 Å². The van der Waals surface area contributed by atoms with Crippen LogP contribution < -0.4 is 5.32 Å². The molecule has 6 heteroatoms. The Labute approximate surface area is 109 Å². The van der Waals surface area contributed by atoms with Crippen molar-refractivity contribution in [2.45, 2.75) is 6.54 Å². The van der Waals surface area contributed by atoms with E-state index in [9.17, 15) is 10.1 Å². The molecule has 5 nitrogen and oxygen atoms in total. The van der Waals surface area contributed by atoms with Crippen molar-refractivity contribution in [1.29, 1.82) is 0 Å². The first-order valence-electron chi connectivity index (χ1n) is 5.23. The molecule has 0 aliphatic heterocycles. The number of hydrogen-bond donors (Lipinski definition) is 1. The van der Waals surface area contributed by atoms with Gasteiger partial charge in [0.15, 0.2) is 0 Å². The van der Waals surface area contributed by atoms with Crippen molar-refractivity contribution in [1.82, 2.24) is 4.98 Å². The molecule has 0 fully saturated rings. The van der Waals surface area contributed by atoms with Crippen molar-refractivity contribution in [3.63, 3.8) is 0 Å². The molecule has 0 spiro atoms. The van der Waals surface area contributed by atoms with Crippen LogP contribution in [0.15, 0.2) is 42.7 Å². The van der Waals surface area contributed by atoms with E-state index in [1.165, 1.54) is 6.07 Å². The molecule has 1 aromatic heterocycles. The number of benzene rings is 1. The van der Waals surface area contributed by atoms with Gasteiger partial charge < -0.3 is 5.32 Å². The van der Waals surface area contributed by atoms with Crippen molar-refractivity contribution < 1.29 is 4.92 Å². The quantitative estimate of drug-likeness (QED) is 0.679.